The van der Waals surface area contributed by atoms with Gasteiger partial charge in [-0.15, -0.1) is 0 Å². The molecular weight excluding hydrogens is 508 g/mol. The molecule has 0 bridgehead atoms. The molecule has 2 saturated heterocycles. The first-order valence-electron chi connectivity index (χ1n) is 15.1. The van der Waals surface area contributed by atoms with Gasteiger partial charge in [0.05, 0.1) is 17.4 Å². The fourth-order valence-electron chi connectivity index (χ4n) is 6.61. The minimum Gasteiger partial charge on any atom is -0.371 e. The molecule has 1 aromatic carbocycles. The van der Waals surface area contributed by atoms with E-state index in [1.165, 1.54) is 24.1 Å². The molecular formula is C34H42N6O. The number of anilines is 2. The maximum atomic E-state index is 13.9. The van der Waals surface area contributed by atoms with Gasteiger partial charge in [-0.1, -0.05) is 6.92 Å². The molecule has 1 atom stereocenters. The molecule has 214 valence electrons. The molecule has 0 saturated carbocycles. The largest absolute Gasteiger partial charge is 0.371 e. The summed E-state index contributed by atoms with van der Waals surface area (Å²) in [5, 5.41) is 0.805. The Labute approximate surface area is 243 Å². The second-order valence-electron chi connectivity index (χ2n) is 12.1. The predicted molar refractivity (Wildman–Crippen MR) is 167 cm³/mol. The molecule has 0 N–H and O–H groups in total. The molecule has 0 spiro atoms. The summed E-state index contributed by atoms with van der Waals surface area (Å²) in [6.45, 7) is 9.88. The molecule has 4 aromatic rings. The SMILES string of the molecule is Cc1cc(CN(Cc2cn(C)c3cc(N4CCC(C)CC4)ccc3c2=O)C2CCCN(c3cccnc3)C2)ccn1. The van der Waals surface area contributed by atoms with E-state index in [-0.39, 0.29) is 5.43 Å². The van der Waals surface area contributed by atoms with E-state index in [9.17, 15) is 4.79 Å². The molecule has 2 aliphatic rings. The molecule has 0 aliphatic carbocycles. The second kappa shape index (κ2) is 12.0. The van der Waals surface area contributed by atoms with Gasteiger partial charge in [-0.2, -0.15) is 0 Å². The molecule has 5 heterocycles. The van der Waals surface area contributed by atoms with Gasteiger partial charge in [0.1, 0.15) is 0 Å². The third kappa shape index (κ3) is 6.15. The number of pyridine rings is 3. The highest BCUT2D eigenvalue weighted by Crippen LogP contribution is 2.27. The molecule has 2 fully saturated rings. The van der Waals surface area contributed by atoms with E-state index >= 15 is 0 Å². The Morgan fingerprint density at radius 2 is 1.80 bits per heavy atom. The summed E-state index contributed by atoms with van der Waals surface area (Å²) < 4.78 is 2.15. The van der Waals surface area contributed by atoms with Crippen molar-refractivity contribution in [3.63, 3.8) is 0 Å². The van der Waals surface area contributed by atoms with Crippen molar-refractivity contribution in [3.05, 3.63) is 94.3 Å². The van der Waals surface area contributed by atoms with Crippen LogP contribution in [0.25, 0.3) is 10.9 Å². The zero-order valence-electron chi connectivity index (χ0n) is 24.7. The first-order valence-corrected chi connectivity index (χ1v) is 15.1. The maximum Gasteiger partial charge on any atom is 0.193 e. The van der Waals surface area contributed by atoms with Crippen LogP contribution in [0.4, 0.5) is 11.4 Å². The van der Waals surface area contributed by atoms with E-state index < -0.39 is 0 Å². The Morgan fingerprint density at radius 1 is 0.951 bits per heavy atom. The van der Waals surface area contributed by atoms with Crippen molar-refractivity contribution in [1.82, 2.24) is 19.4 Å². The molecule has 3 aromatic heterocycles. The summed E-state index contributed by atoms with van der Waals surface area (Å²) in [5.74, 6) is 0.790. The zero-order valence-corrected chi connectivity index (χ0v) is 24.7. The number of hydrogen-bond donors (Lipinski definition) is 0. The van der Waals surface area contributed by atoms with Crippen molar-refractivity contribution in [1.29, 1.82) is 0 Å². The van der Waals surface area contributed by atoms with Crippen molar-refractivity contribution >= 4 is 22.3 Å². The minimum atomic E-state index is 0.146. The van der Waals surface area contributed by atoms with Crippen LogP contribution < -0.4 is 15.2 Å². The number of benzene rings is 1. The van der Waals surface area contributed by atoms with Crippen molar-refractivity contribution in [2.24, 2.45) is 13.0 Å². The summed E-state index contributed by atoms with van der Waals surface area (Å²) >= 11 is 0. The standard InChI is InChI=1S/C34H42N6O/c1-25-11-16-38(17-12-25)29-8-9-32-33(19-29)37(3)22-28(34(32)41)23-40(21-27-10-14-36-26(2)18-27)31-7-5-15-39(24-31)30-6-4-13-35-20-30/h4,6,8-10,13-14,18-20,22,25,31H,5,7,11-12,15-17,21,23-24H2,1-3H3. The van der Waals surface area contributed by atoms with Crippen molar-refractivity contribution in [2.45, 2.75) is 58.7 Å². The molecule has 0 radical (unpaired) electrons. The quantitative estimate of drug-likeness (QED) is 0.301. The summed E-state index contributed by atoms with van der Waals surface area (Å²) in [6.07, 6.45) is 12.4. The highest BCUT2D eigenvalue weighted by Gasteiger charge is 2.27. The molecule has 7 nitrogen and oxygen atoms in total. The van der Waals surface area contributed by atoms with Crippen LogP contribution in [0.15, 0.2) is 72.0 Å². The fraction of sp³-hybridized carbons (Fsp3) is 0.441. The third-order valence-corrected chi connectivity index (χ3v) is 9.04. The molecule has 2 aliphatic heterocycles. The molecule has 41 heavy (non-hydrogen) atoms. The average molecular weight is 551 g/mol. The second-order valence-corrected chi connectivity index (χ2v) is 12.1. The Morgan fingerprint density at radius 3 is 2.59 bits per heavy atom. The van der Waals surface area contributed by atoms with Crippen LogP contribution in [0, 0.1) is 12.8 Å². The Balaban J connectivity index is 1.30. The monoisotopic (exact) mass is 550 g/mol. The summed E-state index contributed by atoms with van der Waals surface area (Å²) in [7, 11) is 2.08. The number of aryl methyl sites for hydroxylation is 2. The third-order valence-electron chi connectivity index (χ3n) is 9.04. The Bertz CT molecular complexity index is 1540. The van der Waals surface area contributed by atoms with Crippen LogP contribution >= 0.6 is 0 Å². The lowest BCUT2D eigenvalue weighted by Gasteiger charge is -2.40. The van der Waals surface area contributed by atoms with Crippen LogP contribution in [0.5, 0.6) is 0 Å². The predicted octanol–water partition coefficient (Wildman–Crippen LogP) is 5.54. The fourth-order valence-corrected chi connectivity index (χ4v) is 6.61. The maximum absolute atomic E-state index is 13.9. The number of aromatic nitrogens is 3. The number of piperidine rings is 2. The van der Waals surface area contributed by atoms with Crippen molar-refractivity contribution < 1.29 is 0 Å². The summed E-state index contributed by atoms with van der Waals surface area (Å²) in [4.78, 5) is 30.1. The highest BCUT2D eigenvalue weighted by molar-refractivity contribution is 5.83. The lowest BCUT2D eigenvalue weighted by atomic mass is 9.98. The summed E-state index contributed by atoms with van der Waals surface area (Å²) in [6, 6.07) is 15.1. The van der Waals surface area contributed by atoms with Crippen LogP contribution in [0.3, 0.4) is 0 Å². The van der Waals surface area contributed by atoms with Crippen molar-refractivity contribution in [2.75, 3.05) is 36.0 Å². The van der Waals surface area contributed by atoms with Gasteiger partial charge in [0.2, 0.25) is 0 Å². The Hall–Kier alpha value is -3.71. The number of hydrogen-bond acceptors (Lipinski definition) is 6. The highest BCUT2D eigenvalue weighted by atomic mass is 16.1. The van der Waals surface area contributed by atoms with Gasteiger partial charge in [0.25, 0.3) is 0 Å². The van der Waals surface area contributed by atoms with E-state index in [0.29, 0.717) is 12.6 Å². The topological polar surface area (TPSA) is 57.5 Å². The average Bonchev–Trinajstić information content (AvgIpc) is 3.00. The van der Waals surface area contributed by atoms with Gasteiger partial charge in [-0.3, -0.25) is 19.7 Å². The van der Waals surface area contributed by atoms with Gasteiger partial charge in [-0.25, -0.2) is 0 Å². The molecule has 0 amide bonds. The van der Waals surface area contributed by atoms with E-state index in [0.717, 1.165) is 79.3 Å². The van der Waals surface area contributed by atoms with Gasteiger partial charge >= 0.3 is 0 Å². The molecule has 7 heteroatoms. The lowest BCUT2D eigenvalue weighted by molar-refractivity contribution is 0.158. The van der Waals surface area contributed by atoms with E-state index in [4.69, 9.17) is 0 Å². The first kappa shape index (κ1) is 27.5. The lowest BCUT2D eigenvalue weighted by Crippen LogP contribution is -2.48. The first-order chi connectivity index (χ1) is 19.9. The minimum absolute atomic E-state index is 0.146. The number of rotatable bonds is 7. The van der Waals surface area contributed by atoms with Gasteiger partial charge < -0.3 is 14.4 Å². The number of fused-ring (bicyclic) bond motifs is 1. The van der Waals surface area contributed by atoms with Crippen LogP contribution in [-0.4, -0.2) is 51.7 Å². The van der Waals surface area contributed by atoms with Gasteiger partial charge in [-0.05, 0) is 86.6 Å². The zero-order chi connectivity index (χ0) is 28.3. The van der Waals surface area contributed by atoms with Crippen molar-refractivity contribution in [3.8, 4) is 0 Å². The van der Waals surface area contributed by atoms with Crippen LogP contribution in [0.2, 0.25) is 0 Å². The molecule has 6 rings (SSSR count). The number of nitrogens with zero attached hydrogens (tertiary/aromatic N) is 6. The molecule has 1 unspecified atom stereocenters. The van der Waals surface area contributed by atoms with Gasteiger partial charge in [0, 0.05) is 93.3 Å². The normalized spacial score (nSPS) is 18.4. The van der Waals surface area contributed by atoms with Gasteiger partial charge in [0.15, 0.2) is 5.43 Å². The van der Waals surface area contributed by atoms with E-state index in [2.05, 4.69) is 85.8 Å². The van der Waals surface area contributed by atoms with E-state index in [1.54, 1.807) is 0 Å². The smallest absolute Gasteiger partial charge is 0.193 e. The van der Waals surface area contributed by atoms with Crippen LogP contribution in [0.1, 0.15) is 49.4 Å². The van der Waals surface area contributed by atoms with Crippen LogP contribution in [-0.2, 0) is 20.1 Å². The summed E-state index contributed by atoms with van der Waals surface area (Å²) in [5.41, 5.74) is 6.64. The van der Waals surface area contributed by atoms with E-state index in [1.807, 2.05) is 31.6 Å². The Kier molecular flexibility index (Phi) is 8.06.